The van der Waals surface area contributed by atoms with Gasteiger partial charge >= 0.3 is 6.18 Å². The largest absolute Gasteiger partial charge is 0.433 e. The number of hydrogen-bond acceptors (Lipinski definition) is 3. The van der Waals surface area contributed by atoms with Gasteiger partial charge in [0.25, 0.3) is 0 Å². The predicted octanol–water partition coefficient (Wildman–Crippen LogP) is 6.10. The lowest BCUT2D eigenvalue weighted by Gasteiger charge is -2.31. The van der Waals surface area contributed by atoms with Crippen molar-refractivity contribution in [2.45, 2.75) is 37.0 Å². The Labute approximate surface area is 184 Å². The van der Waals surface area contributed by atoms with Crippen LogP contribution in [0.1, 0.15) is 36.2 Å². The third-order valence-corrected chi connectivity index (χ3v) is 6.91. The van der Waals surface area contributed by atoms with Crippen molar-refractivity contribution in [3.8, 4) is 0 Å². The molecule has 0 saturated carbocycles. The summed E-state index contributed by atoms with van der Waals surface area (Å²) in [4.78, 5) is 3.51. The van der Waals surface area contributed by atoms with Gasteiger partial charge in [0.05, 0.1) is 10.9 Å². The molecule has 0 saturated heterocycles. The number of alkyl halides is 3. The highest BCUT2D eigenvalue weighted by atomic mass is 35.5. The number of rotatable bonds is 7. The fourth-order valence-corrected chi connectivity index (χ4v) is 5.05. The average molecular weight is 469 g/mol. The molecule has 1 aromatic heterocycles. The van der Waals surface area contributed by atoms with Gasteiger partial charge in [0, 0.05) is 17.8 Å². The zero-order chi connectivity index (χ0) is 22.6. The first-order valence-corrected chi connectivity index (χ1v) is 11.3. The molecule has 3 rings (SSSR count). The van der Waals surface area contributed by atoms with E-state index in [4.69, 9.17) is 11.6 Å². The smallest absolute Gasteiger partial charge is 0.251 e. The van der Waals surface area contributed by atoms with Gasteiger partial charge in [0.1, 0.15) is 5.69 Å². The molecule has 1 unspecified atom stereocenters. The van der Waals surface area contributed by atoms with Crippen LogP contribution in [0.25, 0.3) is 0 Å². The Hall–Kier alpha value is -2.42. The maximum atomic E-state index is 13.5. The van der Waals surface area contributed by atoms with Gasteiger partial charge in [-0.05, 0) is 47.9 Å². The molecule has 1 heterocycles. The quantitative estimate of drug-likeness (QED) is 0.421. The van der Waals surface area contributed by atoms with E-state index in [1.807, 2.05) is 37.3 Å². The van der Waals surface area contributed by atoms with Crippen LogP contribution >= 0.6 is 11.6 Å². The highest BCUT2D eigenvalue weighted by Gasteiger charge is 2.34. The molecule has 31 heavy (non-hydrogen) atoms. The van der Waals surface area contributed by atoms with Gasteiger partial charge in [-0.25, -0.2) is 8.42 Å². The molecule has 1 atom stereocenters. The Kier molecular flexibility index (Phi) is 7.03. The van der Waals surface area contributed by atoms with Crippen molar-refractivity contribution in [1.29, 1.82) is 0 Å². The van der Waals surface area contributed by atoms with Crippen LogP contribution in [-0.4, -0.2) is 17.7 Å². The first-order valence-electron chi connectivity index (χ1n) is 9.47. The Morgan fingerprint density at radius 2 is 1.65 bits per heavy atom. The predicted molar refractivity (Wildman–Crippen MR) is 113 cm³/mol. The number of benzene rings is 2. The van der Waals surface area contributed by atoms with Crippen molar-refractivity contribution in [3.63, 3.8) is 0 Å². The summed E-state index contributed by atoms with van der Waals surface area (Å²) >= 11 is 5.90. The summed E-state index contributed by atoms with van der Waals surface area (Å²) in [5, 5.41) is 0.396. The van der Waals surface area contributed by atoms with Crippen molar-refractivity contribution >= 4 is 21.6 Å². The van der Waals surface area contributed by atoms with Crippen LogP contribution in [0.3, 0.4) is 0 Å². The first-order chi connectivity index (χ1) is 14.6. The number of pyridine rings is 1. The third-order valence-electron chi connectivity index (χ3n) is 4.79. The molecule has 9 heteroatoms. The molecule has 0 fully saturated rings. The first kappa shape index (κ1) is 23.2. The normalized spacial score (nSPS) is 13.4. The fourth-order valence-electron chi connectivity index (χ4n) is 3.25. The lowest BCUT2D eigenvalue weighted by Crippen LogP contribution is -2.34. The summed E-state index contributed by atoms with van der Waals surface area (Å²) in [7, 11) is -3.99. The monoisotopic (exact) mass is 468 g/mol. The summed E-state index contributed by atoms with van der Waals surface area (Å²) in [5.41, 5.74) is 0.0980. The maximum Gasteiger partial charge on any atom is 0.433 e. The molecular weight excluding hydrogens is 449 g/mol. The third kappa shape index (κ3) is 5.44. The SMILES string of the molecule is CCC(c1ccccc1)N(Cc1ccc(C(F)(F)F)nc1)S(=O)(=O)c1ccc(Cl)cc1. The van der Waals surface area contributed by atoms with Gasteiger partial charge < -0.3 is 0 Å². The van der Waals surface area contributed by atoms with Crippen LogP contribution in [0.15, 0.2) is 77.8 Å². The summed E-state index contributed by atoms with van der Waals surface area (Å²) in [6, 6.07) is 16.5. The highest BCUT2D eigenvalue weighted by Crippen LogP contribution is 2.33. The van der Waals surface area contributed by atoms with Gasteiger partial charge in [-0.15, -0.1) is 0 Å². The van der Waals surface area contributed by atoms with Crippen molar-refractivity contribution in [2.24, 2.45) is 0 Å². The summed E-state index contributed by atoms with van der Waals surface area (Å²) in [6.45, 7) is 1.72. The molecule has 0 amide bonds. The van der Waals surface area contributed by atoms with Gasteiger partial charge in [-0.2, -0.15) is 17.5 Å². The Bertz CT molecular complexity index is 1100. The van der Waals surface area contributed by atoms with Crippen LogP contribution < -0.4 is 0 Å². The molecule has 0 aliphatic heterocycles. The molecule has 164 valence electrons. The highest BCUT2D eigenvalue weighted by molar-refractivity contribution is 7.89. The molecule has 4 nitrogen and oxygen atoms in total. The topological polar surface area (TPSA) is 50.3 Å². The zero-order valence-electron chi connectivity index (χ0n) is 16.6. The molecular formula is C22H20ClF3N2O2S. The second kappa shape index (κ2) is 9.38. The molecule has 0 N–H and O–H groups in total. The molecule has 0 radical (unpaired) electrons. The molecule has 0 spiro atoms. The number of hydrogen-bond donors (Lipinski definition) is 0. The van der Waals surface area contributed by atoms with E-state index in [0.717, 1.165) is 17.8 Å². The lowest BCUT2D eigenvalue weighted by molar-refractivity contribution is -0.141. The van der Waals surface area contributed by atoms with Crippen molar-refractivity contribution in [3.05, 3.63) is 94.8 Å². The van der Waals surface area contributed by atoms with E-state index in [0.29, 0.717) is 17.0 Å². The summed E-state index contributed by atoms with van der Waals surface area (Å²) in [5.74, 6) is 0. The molecule has 2 aromatic carbocycles. The average Bonchev–Trinajstić information content (AvgIpc) is 2.74. The van der Waals surface area contributed by atoms with Crippen molar-refractivity contribution < 1.29 is 21.6 Å². The minimum absolute atomic E-state index is 0.0474. The van der Waals surface area contributed by atoms with E-state index >= 15 is 0 Å². The Morgan fingerprint density at radius 1 is 1.00 bits per heavy atom. The standard InChI is InChI=1S/C22H20ClF3N2O2S/c1-2-20(17-6-4-3-5-7-17)28(31(29,30)19-11-9-18(23)10-12-19)15-16-8-13-21(27-14-16)22(24,25)26/h3-14,20H,2,15H2,1H3. The Morgan fingerprint density at radius 3 is 2.16 bits per heavy atom. The molecule has 3 aromatic rings. The molecule has 0 aliphatic rings. The Balaban J connectivity index is 2.04. The lowest BCUT2D eigenvalue weighted by atomic mass is 10.0. The van der Waals surface area contributed by atoms with Crippen LogP contribution in [0.2, 0.25) is 5.02 Å². The fraction of sp³-hybridized carbons (Fsp3) is 0.227. The zero-order valence-corrected chi connectivity index (χ0v) is 18.1. The van der Waals surface area contributed by atoms with E-state index in [9.17, 15) is 21.6 Å². The van der Waals surface area contributed by atoms with Gasteiger partial charge in [0.15, 0.2) is 0 Å². The summed E-state index contributed by atoms with van der Waals surface area (Å²) < 4.78 is 66.9. The van der Waals surface area contributed by atoms with Crippen LogP contribution in [0, 0.1) is 0 Å². The van der Waals surface area contributed by atoms with E-state index in [1.54, 1.807) is 0 Å². The van der Waals surface area contributed by atoms with Gasteiger partial charge in [-0.1, -0.05) is 54.9 Å². The summed E-state index contributed by atoms with van der Waals surface area (Å²) in [6.07, 6.45) is -3.04. The molecule has 0 bridgehead atoms. The number of halogens is 4. The van der Waals surface area contributed by atoms with Crippen molar-refractivity contribution in [1.82, 2.24) is 9.29 Å². The van der Waals surface area contributed by atoms with Crippen molar-refractivity contribution in [2.75, 3.05) is 0 Å². The van der Waals surface area contributed by atoms with Crippen LogP contribution in [0.4, 0.5) is 13.2 Å². The van der Waals surface area contributed by atoms with E-state index in [2.05, 4.69) is 4.98 Å². The number of aromatic nitrogens is 1. The number of nitrogens with zero attached hydrogens (tertiary/aromatic N) is 2. The van der Waals surface area contributed by atoms with Crippen LogP contribution in [0.5, 0.6) is 0 Å². The van der Waals surface area contributed by atoms with E-state index < -0.39 is 27.9 Å². The van der Waals surface area contributed by atoms with Gasteiger partial charge in [-0.3, -0.25) is 4.98 Å². The van der Waals surface area contributed by atoms with Gasteiger partial charge in [0.2, 0.25) is 10.0 Å². The molecule has 0 aliphatic carbocycles. The second-order valence-electron chi connectivity index (χ2n) is 6.89. The van der Waals surface area contributed by atoms with E-state index in [1.165, 1.54) is 34.6 Å². The second-order valence-corrected chi connectivity index (χ2v) is 9.22. The van der Waals surface area contributed by atoms with Crippen LogP contribution in [-0.2, 0) is 22.7 Å². The minimum Gasteiger partial charge on any atom is -0.251 e. The maximum absolute atomic E-state index is 13.5. The minimum atomic E-state index is -4.57. The van der Waals surface area contributed by atoms with E-state index in [-0.39, 0.29) is 11.4 Å². The number of sulfonamides is 1.